The molecule has 0 unspecified atom stereocenters. The molecule has 0 radical (unpaired) electrons. The summed E-state index contributed by atoms with van der Waals surface area (Å²) in [7, 11) is 1.63. The predicted octanol–water partition coefficient (Wildman–Crippen LogP) is -0.758. The van der Waals surface area contributed by atoms with Gasteiger partial charge in [0.2, 0.25) is 5.96 Å². The molecule has 7 heteroatoms. The maximum atomic E-state index is 7.16. The molecule has 0 heterocycles. The number of halogens is 1. The van der Waals surface area contributed by atoms with Crippen molar-refractivity contribution in [2.75, 3.05) is 20.3 Å². The number of rotatable bonds is 4. The summed E-state index contributed by atoms with van der Waals surface area (Å²) in [6, 6.07) is 0. The molecule has 6 N–H and O–H groups in total. The lowest BCUT2D eigenvalue weighted by molar-refractivity contribution is 0.195. The summed E-state index contributed by atoms with van der Waals surface area (Å²) in [5, 5.41) is 9.86. The minimum absolute atomic E-state index is 0. The molecular formula is C6H16ClN5O. The molecule has 0 aromatic carbocycles. The van der Waals surface area contributed by atoms with Crippen molar-refractivity contribution < 1.29 is 4.74 Å². The van der Waals surface area contributed by atoms with Crippen LogP contribution in [0.3, 0.4) is 0 Å². The van der Waals surface area contributed by atoms with Crippen LogP contribution in [0.15, 0.2) is 4.99 Å². The number of nitrogens with zero attached hydrogens (tertiary/aromatic N) is 1. The number of hydrogen-bond donors (Lipinski definition) is 4. The lowest BCUT2D eigenvalue weighted by Crippen LogP contribution is -2.29. The Morgan fingerprint density at radius 1 is 1.54 bits per heavy atom. The molecule has 0 aliphatic heterocycles. The normalized spacial score (nSPS) is 8.38. The molecule has 0 aromatic heterocycles. The SMILES string of the molecule is COCCCNC(=N)N=C(N)N.Cl. The average molecular weight is 210 g/mol. The number of ether oxygens (including phenoxy) is 1. The third kappa shape index (κ3) is 11.0. The zero-order chi connectivity index (χ0) is 9.40. The van der Waals surface area contributed by atoms with Crippen LogP contribution >= 0.6 is 12.4 Å². The van der Waals surface area contributed by atoms with Crippen molar-refractivity contribution in [3.05, 3.63) is 0 Å². The standard InChI is InChI=1S/C6H15N5O.ClH/c1-12-4-2-3-10-6(9)11-5(7)8;/h2-4H2,1H3,(H6,7,8,9,10,11);1H. The van der Waals surface area contributed by atoms with E-state index in [4.69, 9.17) is 21.6 Å². The zero-order valence-electron chi connectivity index (χ0n) is 7.54. The van der Waals surface area contributed by atoms with E-state index in [1.807, 2.05) is 0 Å². The molecule has 0 atom stereocenters. The lowest BCUT2D eigenvalue weighted by atomic mass is 10.4. The topological polar surface area (TPSA) is 110 Å². The number of aliphatic imine (C=N–C) groups is 1. The predicted molar refractivity (Wildman–Crippen MR) is 55.3 cm³/mol. The Morgan fingerprint density at radius 3 is 2.62 bits per heavy atom. The monoisotopic (exact) mass is 209 g/mol. The van der Waals surface area contributed by atoms with Gasteiger partial charge in [-0.05, 0) is 6.42 Å². The Balaban J connectivity index is 0. The third-order valence-corrected chi connectivity index (χ3v) is 1.06. The van der Waals surface area contributed by atoms with Crippen LogP contribution in [-0.4, -0.2) is 32.2 Å². The van der Waals surface area contributed by atoms with Gasteiger partial charge in [0.15, 0.2) is 5.96 Å². The van der Waals surface area contributed by atoms with Gasteiger partial charge in [-0.25, -0.2) is 0 Å². The first-order valence-corrected chi connectivity index (χ1v) is 3.58. The second kappa shape index (κ2) is 9.08. The minimum atomic E-state index is -0.112. The van der Waals surface area contributed by atoms with Gasteiger partial charge in [-0.3, -0.25) is 5.41 Å². The molecule has 0 saturated heterocycles. The largest absolute Gasteiger partial charge is 0.385 e. The maximum Gasteiger partial charge on any atom is 0.218 e. The van der Waals surface area contributed by atoms with Crippen molar-refractivity contribution >= 4 is 24.3 Å². The van der Waals surface area contributed by atoms with Crippen LogP contribution in [0.4, 0.5) is 0 Å². The average Bonchev–Trinajstić information content (AvgIpc) is 1.97. The summed E-state index contributed by atoms with van der Waals surface area (Å²) in [4.78, 5) is 3.48. The van der Waals surface area contributed by atoms with E-state index >= 15 is 0 Å². The number of guanidine groups is 2. The van der Waals surface area contributed by atoms with Crippen molar-refractivity contribution in [3.8, 4) is 0 Å². The summed E-state index contributed by atoms with van der Waals surface area (Å²) in [6.45, 7) is 1.28. The highest BCUT2D eigenvalue weighted by Gasteiger charge is 1.91. The smallest absolute Gasteiger partial charge is 0.218 e. The van der Waals surface area contributed by atoms with E-state index in [0.29, 0.717) is 13.2 Å². The molecule has 13 heavy (non-hydrogen) atoms. The lowest BCUT2D eigenvalue weighted by Gasteiger charge is -2.02. The van der Waals surface area contributed by atoms with Crippen molar-refractivity contribution in [1.82, 2.24) is 5.32 Å². The minimum Gasteiger partial charge on any atom is -0.385 e. The molecule has 0 bridgehead atoms. The van der Waals surface area contributed by atoms with Crippen LogP contribution in [0.2, 0.25) is 0 Å². The first-order chi connectivity index (χ1) is 5.66. The van der Waals surface area contributed by atoms with E-state index in [-0.39, 0.29) is 24.3 Å². The van der Waals surface area contributed by atoms with Gasteiger partial charge < -0.3 is 21.5 Å². The first kappa shape index (κ1) is 14.5. The van der Waals surface area contributed by atoms with E-state index in [0.717, 1.165) is 6.42 Å². The van der Waals surface area contributed by atoms with Crippen molar-refractivity contribution in [2.45, 2.75) is 6.42 Å². The molecule has 0 aliphatic rings. The van der Waals surface area contributed by atoms with Gasteiger partial charge in [0.1, 0.15) is 0 Å². The van der Waals surface area contributed by atoms with Crippen LogP contribution in [0.25, 0.3) is 0 Å². The van der Waals surface area contributed by atoms with Gasteiger partial charge >= 0.3 is 0 Å². The Hall–Kier alpha value is -1.01. The van der Waals surface area contributed by atoms with Crippen LogP contribution in [0, 0.1) is 5.41 Å². The Morgan fingerprint density at radius 2 is 2.15 bits per heavy atom. The van der Waals surface area contributed by atoms with Gasteiger partial charge in [0, 0.05) is 20.3 Å². The van der Waals surface area contributed by atoms with Gasteiger partial charge in [-0.15, -0.1) is 12.4 Å². The number of nitrogens with one attached hydrogen (secondary N) is 2. The second-order valence-corrected chi connectivity index (χ2v) is 2.16. The first-order valence-electron chi connectivity index (χ1n) is 3.58. The van der Waals surface area contributed by atoms with Crippen LogP contribution in [0.5, 0.6) is 0 Å². The Bertz CT molecular complexity index is 168. The fourth-order valence-electron chi connectivity index (χ4n) is 0.592. The maximum absolute atomic E-state index is 7.16. The zero-order valence-corrected chi connectivity index (χ0v) is 8.36. The molecule has 0 spiro atoms. The number of hydrogen-bond acceptors (Lipinski definition) is 2. The van der Waals surface area contributed by atoms with Gasteiger partial charge in [-0.2, -0.15) is 4.99 Å². The highest BCUT2D eigenvalue weighted by molar-refractivity contribution is 5.91. The molecule has 6 nitrogen and oxygen atoms in total. The summed E-state index contributed by atoms with van der Waals surface area (Å²) in [6.07, 6.45) is 0.818. The van der Waals surface area contributed by atoms with Crippen LogP contribution < -0.4 is 16.8 Å². The molecule has 0 rings (SSSR count). The molecular weight excluding hydrogens is 194 g/mol. The fraction of sp³-hybridized carbons (Fsp3) is 0.667. The highest BCUT2D eigenvalue weighted by atomic mass is 35.5. The quantitative estimate of drug-likeness (QED) is 0.277. The summed E-state index contributed by atoms with van der Waals surface area (Å²) >= 11 is 0. The van der Waals surface area contributed by atoms with Gasteiger partial charge in [0.05, 0.1) is 0 Å². The Kier molecular flexibility index (Phi) is 10.1. The summed E-state index contributed by atoms with van der Waals surface area (Å²) < 4.78 is 4.81. The number of methoxy groups -OCH3 is 1. The van der Waals surface area contributed by atoms with E-state index in [1.165, 1.54) is 0 Å². The molecule has 78 valence electrons. The van der Waals surface area contributed by atoms with E-state index < -0.39 is 0 Å². The molecule has 0 amide bonds. The molecule has 0 saturated carbocycles. The van der Waals surface area contributed by atoms with Crippen LogP contribution in [-0.2, 0) is 4.74 Å². The molecule has 0 fully saturated rings. The van der Waals surface area contributed by atoms with Crippen molar-refractivity contribution in [2.24, 2.45) is 16.5 Å². The molecule has 0 aliphatic carbocycles. The fourth-order valence-corrected chi connectivity index (χ4v) is 0.592. The summed E-state index contributed by atoms with van der Waals surface area (Å²) in [5.74, 6) is -0.134. The van der Waals surface area contributed by atoms with Gasteiger partial charge in [0.25, 0.3) is 0 Å². The summed E-state index contributed by atoms with van der Waals surface area (Å²) in [5.41, 5.74) is 10.1. The van der Waals surface area contributed by atoms with E-state index in [9.17, 15) is 0 Å². The van der Waals surface area contributed by atoms with Crippen LogP contribution in [0.1, 0.15) is 6.42 Å². The number of nitrogens with two attached hydrogens (primary N) is 2. The Labute approximate surface area is 83.6 Å². The second-order valence-electron chi connectivity index (χ2n) is 2.16. The third-order valence-electron chi connectivity index (χ3n) is 1.06. The van der Waals surface area contributed by atoms with Crippen molar-refractivity contribution in [1.29, 1.82) is 5.41 Å². The molecule has 0 aromatic rings. The van der Waals surface area contributed by atoms with Gasteiger partial charge in [-0.1, -0.05) is 0 Å². The van der Waals surface area contributed by atoms with E-state index in [2.05, 4.69) is 10.3 Å². The van der Waals surface area contributed by atoms with Crippen molar-refractivity contribution in [3.63, 3.8) is 0 Å². The highest BCUT2D eigenvalue weighted by Crippen LogP contribution is 1.77. The van der Waals surface area contributed by atoms with E-state index in [1.54, 1.807) is 7.11 Å².